The van der Waals surface area contributed by atoms with Crippen LogP contribution in [0.1, 0.15) is 36.5 Å². The summed E-state index contributed by atoms with van der Waals surface area (Å²) >= 11 is 5.99. The Morgan fingerprint density at radius 2 is 2.05 bits per heavy atom. The molecule has 21 heavy (non-hydrogen) atoms. The van der Waals surface area contributed by atoms with Crippen LogP contribution < -0.4 is 0 Å². The molecule has 1 atom stereocenters. The average molecular weight is 323 g/mol. The molecule has 1 heterocycles. The minimum atomic E-state index is -4.58. The number of halogens is 5. The summed E-state index contributed by atoms with van der Waals surface area (Å²) in [5.41, 5.74) is -1.39. The lowest BCUT2D eigenvalue weighted by Gasteiger charge is -2.07. The lowest BCUT2D eigenvalue weighted by atomic mass is 10.1. The summed E-state index contributed by atoms with van der Waals surface area (Å²) < 4.78 is 56.4. The van der Waals surface area contributed by atoms with Crippen LogP contribution in [0.2, 0.25) is 0 Å². The summed E-state index contributed by atoms with van der Waals surface area (Å²) in [6, 6.07) is 2.00. The zero-order chi connectivity index (χ0) is 15.6. The smallest absolute Gasteiger partial charge is 0.334 e. The minimum Gasteiger partial charge on any atom is -0.334 e. The fourth-order valence-electron chi connectivity index (χ4n) is 1.72. The number of aromatic nitrogens is 2. The number of rotatable bonds is 4. The van der Waals surface area contributed by atoms with Gasteiger partial charge in [0.25, 0.3) is 5.89 Å². The van der Waals surface area contributed by atoms with Gasteiger partial charge in [-0.3, -0.25) is 0 Å². The number of benzene rings is 1. The maximum Gasteiger partial charge on any atom is 0.416 e. The first-order chi connectivity index (χ1) is 9.82. The molecule has 0 amide bonds. The van der Waals surface area contributed by atoms with E-state index in [1.54, 1.807) is 0 Å². The van der Waals surface area contributed by atoms with E-state index >= 15 is 0 Å². The minimum absolute atomic E-state index is 0.130. The average Bonchev–Trinajstić information content (AvgIpc) is 2.87. The van der Waals surface area contributed by atoms with Gasteiger partial charge in [0.05, 0.1) is 16.5 Å². The van der Waals surface area contributed by atoms with Crippen molar-refractivity contribution in [2.75, 3.05) is 0 Å². The van der Waals surface area contributed by atoms with Gasteiger partial charge >= 0.3 is 6.18 Å². The van der Waals surface area contributed by atoms with Gasteiger partial charge in [-0.2, -0.15) is 18.2 Å². The van der Waals surface area contributed by atoms with E-state index in [0.29, 0.717) is 24.6 Å². The standard InChI is InChI=1S/C13H11ClF4N2O/c1-2-3-9(14)11-19-12(21-20-11)8-6-7(13(16,17)18)4-5-10(8)15/h4-6,9H,2-3H2,1H3. The zero-order valence-electron chi connectivity index (χ0n) is 10.9. The highest BCUT2D eigenvalue weighted by Crippen LogP contribution is 2.33. The maximum absolute atomic E-state index is 13.7. The van der Waals surface area contributed by atoms with Crippen molar-refractivity contribution in [1.29, 1.82) is 0 Å². The monoisotopic (exact) mass is 322 g/mol. The van der Waals surface area contributed by atoms with E-state index in [9.17, 15) is 17.6 Å². The Labute approximate surface area is 122 Å². The quantitative estimate of drug-likeness (QED) is 0.589. The number of nitrogens with zero attached hydrogens (tertiary/aromatic N) is 2. The van der Waals surface area contributed by atoms with Crippen molar-refractivity contribution < 1.29 is 22.1 Å². The van der Waals surface area contributed by atoms with E-state index in [2.05, 4.69) is 10.1 Å². The van der Waals surface area contributed by atoms with Gasteiger partial charge in [0.1, 0.15) is 5.82 Å². The van der Waals surface area contributed by atoms with Crippen LogP contribution in [0.25, 0.3) is 11.5 Å². The van der Waals surface area contributed by atoms with Crippen LogP contribution in [0.5, 0.6) is 0 Å². The molecule has 2 aromatic rings. The molecule has 114 valence electrons. The molecule has 0 radical (unpaired) electrons. The van der Waals surface area contributed by atoms with E-state index in [0.717, 1.165) is 6.42 Å². The first kappa shape index (κ1) is 15.8. The second-order valence-corrected chi connectivity index (χ2v) is 4.93. The SMILES string of the molecule is CCCC(Cl)c1noc(-c2cc(C(F)(F)F)ccc2F)n1. The zero-order valence-corrected chi connectivity index (χ0v) is 11.7. The van der Waals surface area contributed by atoms with Crippen molar-refractivity contribution in [3.63, 3.8) is 0 Å². The van der Waals surface area contributed by atoms with E-state index in [1.165, 1.54) is 0 Å². The van der Waals surface area contributed by atoms with Gasteiger partial charge in [-0.1, -0.05) is 18.5 Å². The van der Waals surface area contributed by atoms with Crippen molar-refractivity contribution >= 4 is 11.6 Å². The predicted molar refractivity (Wildman–Crippen MR) is 68.2 cm³/mol. The van der Waals surface area contributed by atoms with Crippen molar-refractivity contribution in [1.82, 2.24) is 10.1 Å². The third-order valence-electron chi connectivity index (χ3n) is 2.79. The Balaban J connectivity index is 2.38. The van der Waals surface area contributed by atoms with Crippen LogP contribution in [-0.2, 0) is 6.18 Å². The predicted octanol–water partition coefficient (Wildman–Crippen LogP) is 4.97. The lowest BCUT2D eigenvalue weighted by molar-refractivity contribution is -0.137. The van der Waals surface area contributed by atoms with Crippen molar-refractivity contribution in [2.24, 2.45) is 0 Å². The van der Waals surface area contributed by atoms with Gasteiger partial charge in [-0.15, -0.1) is 11.6 Å². The summed E-state index contributed by atoms with van der Waals surface area (Å²) in [5, 5.41) is 3.05. The molecule has 1 unspecified atom stereocenters. The van der Waals surface area contributed by atoms with E-state index < -0.39 is 28.5 Å². The van der Waals surface area contributed by atoms with E-state index in [1.807, 2.05) is 6.92 Å². The molecular formula is C13H11ClF4N2O. The number of hydrogen-bond acceptors (Lipinski definition) is 3. The molecule has 0 saturated carbocycles. The van der Waals surface area contributed by atoms with Gasteiger partial charge in [-0.25, -0.2) is 4.39 Å². The van der Waals surface area contributed by atoms with Gasteiger partial charge in [0.15, 0.2) is 5.82 Å². The highest BCUT2D eigenvalue weighted by Gasteiger charge is 2.32. The van der Waals surface area contributed by atoms with Crippen LogP contribution in [0.15, 0.2) is 22.7 Å². The lowest BCUT2D eigenvalue weighted by Crippen LogP contribution is -2.05. The third-order valence-corrected chi connectivity index (χ3v) is 3.20. The van der Waals surface area contributed by atoms with Gasteiger partial charge in [0, 0.05) is 0 Å². The number of alkyl halides is 4. The fraction of sp³-hybridized carbons (Fsp3) is 0.385. The largest absolute Gasteiger partial charge is 0.416 e. The summed E-state index contributed by atoms with van der Waals surface area (Å²) in [6.07, 6.45) is -3.23. The summed E-state index contributed by atoms with van der Waals surface area (Å²) in [7, 11) is 0. The molecule has 0 fully saturated rings. The molecular weight excluding hydrogens is 312 g/mol. The molecule has 0 aliphatic carbocycles. The molecule has 1 aromatic heterocycles. The molecule has 0 aliphatic heterocycles. The fourth-order valence-corrected chi connectivity index (χ4v) is 2.03. The van der Waals surface area contributed by atoms with E-state index in [4.69, 9.17) is 16.1 Å². The Kier molecular flexibility index (Phi) is 4.51. The highest BCUT2D eigenvalue weighted by atomic mass is 35.5. The second-order valence-electron chi connectivity index (χ2n) is 4.41. The Bertz CT molecular complexity index is 627. The van der Waals surface area contributed by atoms with Crippen LogP contribution in [0.3, 0.4) is 0 Å². The van der Waals surface area contributed by atoms with Gasteiger partial charge in [0.2, 0.25) is 0 Å². The Morgan fingerprint density at radius 3 is 2.67 bits per heavy atom. The van der Waals surface area contributed by atoms with Gasteiger partial charge < -0.3 is 4.52 Å². The first-order valence-corrected chi connectivity index (χ1v) is 6.61. The first-order valence-electron chi connectivity index (χ1n) is 6.17. The maximum atomic E-state index is 13.7. The molecule has 1 aromatic carbocycles. The molecule has 0 bridgehead atoms. The Hall–Kier alpha value is -1.63. The molecule has 0 saturated heterocycles. The molecule has 3 nitrogen and oxygen atoms in total. The van der Waals surface area contributed by atoms with Crippen LogP contribution in [0, 0.1) is 5.82 Å². The highest BCUT2D eigenvalue weighted by molar-refractivity contribution is 6.20. The topological polar surface area (TPSA) is 38.9 Å². The number of hydrogen-bond donors (Lipinski definition) is 0. The summed E-state index contributed by atoms with van der Waals surface area (Å²) in [6.45, 7) is 1.91. The molecule has 2 rings (SSSR count). The summed E-state index contributed by atoms with van der Waals surface area (Å²) in [4.78, 5) is 3.87. The van der Waals surface area contributed by atoms with Crippen LogP contribution >= 0.6 is 11.6 Å². The molecule has 0 N–H and O–H groups in total. The Morgan fingerprint density at radius 1 is 1.33 bits per heavy atom. The summed E-state index contributed by atoms with van der Waals surface area (Å²) in [5.74, 6) is -1.07. The van der Waals surface area contributed by atoms with Crippen molar-refractivity contribution in [3.8, 4) is 11.5 Å². The van der Waals surface area contributed by atoms with Crippen LogP contribution in [0.4, 0.5) is 17.6 Å². The van der Waals surface area contributed by atoms with Crippen molar-refractivity contribution in [3.05, 3.63) is 35.4 Å². The second kappa shape index (κ2) is 6.01. The van der Waals surface area contributed by atoms with Crippen molar-refractivity contribution in [2.45, 2.75) is 31.3 Å². The van der Waals surface area contributed by atoms with Gasteiger partial charge in [-0.05, 0) is 24.6 Å². The third kappa shape index (κ3) is 3.53. The molecule has 8 heteroatoms. The van der Waals surface area contributed by atoms with Crippen LogP contribution in [-0.4, -0.2) is 10.1 Å². The normalized spacial score (nSPS) is 13.4. The van der Waals surface area contributed by atoms with E-state index in [-0.39, 0.29) is 11.7 Å². The molecule has 0 spiro atoms. The molecule has 0 aliphatic rings.